The molecule has 5 rings (SSSR count). The highest BCUT2D eigenvalue weighted by atomic mass is 19.1. The molecule has 1 aliphatic heterocycles. The van der Waals surface area contributed by atoms with Gasteiger partial charge >= 0.3 is 5.97 Å². The number of hydrogen-bond donors (Lipinski definition) is 2. The van der Waals surface area contributed by atoms with Gasteiger partial charge in [0, 0.05) is 24.8 Å². The van der Waals surface area contributed by atoms with E-state index in [2.05, 4.69) is 5.16 Å². The van der Waals surface area contributed by atoms with Crippen LogP contribution in [0, 0.1) is 5.82 Å². The van der Waals surface area contributed by atoms with Crippen LogP contribution in [-0.2, 0) is 16.1 Å². The fourth-order valence-electron chi connectivity index (χ4n) is 4.84. The highest BCUT2D eigenvalue weighted by Gasteiger charge is 2.42. The van der Waals surface area contributed by atoms with Gasteiger partial charge in [0.05, 0.1) is 22.3 Å². The second-order valence-electron chi connectivity index (χ2n) is 9.91. The van der Waals surface area contributed by atoms with Crippen LogP contribution in [0.5, 0.6) is 0 Å². The predicted molar refractivity (Wildman–Crippen MR) is 145 cm³/mol. The summed E-state index contributed by atoms with van der Waals surface area (Å²) in [6.45, 7) is 1.80. The Morgan fingerprint density at radius 1 is 1.10 bits per heavy atom. The van der Waals surface area contributed by atoms with Crippen molar-refractivity contribution >= 4 is 22.6 Å². The molecule has 0 saturated carbocycles. The summed E-state index contributed by atoms with van der Waals surface area (Å²) in [6, 6.07) is 20.1. The Hall–Kier alpha value is -4.37. The van der Waals surface area contributed by atoms with E-state index in [1.54, 1.807) is 25.1 Å². The van der Waals surface area contributed by atoms with Crippen LogP contribution >= 0.6 is 0 Å². The number of unbranched alkanes of at least 4 members (excludes halogenated alkanes) is 1. The zero-order valence-electron chi connectivity index (χ0n) is 21.4. The van der Waals surface area contributed by atoms with E-state index in [-0.39, 0.29) is 12.0 Å². The first-order chi connectivity index (χ1) is 18.7. The Balaban J connectivity index is 1.48. The van der Waals surface area contributed by atoms with Gasteiger partial charge in [-0.2, -0.15) is 0 Å². The number of carbonyl (C=O) groups is 1. The lowest BCUT2D eigenvalue weighted by Crippen LogP contribution is -2.33. The van der Waals surface area contributed by atoms with Crippen LogP contribution in [0.4, 0.5) is 4.39 Å². The first-order valence-electron chi connectivity index (χ1n) is 12.8. The number of aromatic nitrogens is 2. The van der Waals surface area contributed by atoms with Crippen LogP contribution in [0.1, 0.15) is 55.7 Å². The molecule has 3 aromatic carbocycles. The van der Waals surface area contributed by atoms with Crippen LogP contribution in [0.2, 0.25) is 0 Å². The molecule has 0 radical (unpaired) electrons. The smallest absolute Gasteiger partial charge is 0.303 e. The largest absolute Gasteiger partial charge is 0.481 e. The third-order valence-electron chi connectivity index (χ3n) is 6.97. The summed E-state index contributed by atoms with van der Waals surface area (Å²) in [5.41, 5.74) is 1.75. The molecule has 0 amide bonds. The van der Waals surface area contributed by atoms with Crippen molar-refractivity contribution in [1.82, 2.24) is 9.55 Å². The maximum absolute atomic E-state index is 13.6. The molecule has 200 valence electrons. The average Bonchev–Trinajstić information content (AvgIpc) is 3.35. The van der Waals surface area contributed by atoms with Gasteiger partial charge in [-0.3, -0.25) is 14.2 Å². The van der Waals surface area contributed by atoms with Crippen molar-refractivity contribution in [3.63, 3.8) is 0 Å². The van der Waals surface area contributed by atoms with E-state index < -0.39 is 23.5 Å². The second kappa shape index (κ2) is 10.8. The Kier molecular flexibility index (Phi) is 7.26. The van der Waals surface area contributed by atoms with Crippen LogP contribution in [0.3, 0.4) is 0 Å². The van der Waals surface area contributed by atoms with E-state index in [4.69, 9.17) is 14.9 Å². The van der Waals surface area contributed by atoms with Crippen molar-refractivity contribution in [2.24, 2.45) is 5.16 Å². The topological polar surface area (TPSA) is 114 Å². The number of carboxylic acid groups (broad SMARTS) is 1. The third kappa shape index (κ3) is 5.44. The third-order valence-corrected chi connectivity index (χ3v) is 6.97. The summed E-state index contributed by atoms with van der Waals surface area (Å²) < 4.78 is 15.0. The fourth-order valence-corrected chi connectivity index (χ4v) is 4.84. The molecule has 1 aromatic heterocycles. The Morgan fingerprint density at radius 2 is 1.85 bits per heavy atom. The molecule has 9 heteroatoms. The van der Waals surface area contributed by atoms with E-state index in [9.17, 15) is 19.1 Å². The van der Waals surface area contributed by atoms with Gasteiger partial charge in [0.25, 0.3) is 5.56 Å². The summed E-state index contributed by atoms with van der Waals surface area (Å²) in [5, 5.41) is 24.6. The molecule has 0 bridgehead atoms. The number of benzene rings is 3. The zero-order chi connectivity index (χ0) is 27.6. The molecule has 0 spiro atoms. The fraction of sp³-hybridized carbons (Fsp3) is 0.267. The summed E-state index contributed by atoms with van der Waals surface area (Å²) in [5.74, 6) is -0.848. The second-order valence-corrected chi connectivity index (χ2v) is 9.91. The summed E-state index contributed by atoms with van der Waals surface area (Å²) in [6.07, 6.45) is 0.796. The predicted octanol–water partition coefficient (Wildman–Crippen LogP) is 4.94. The van der Waals surface area contributed by atoms with Gasteiger partial charge in [-0.05, 0) is 61.7 Å². The number of aliphatic hydroxyl groups excluding tert-OH is 1. The summed E-state index contributed by atoms with van der Waals surface area (Å²) in [4.78, 5) is 35.1. The number of fused-ring (bicyclic) bond motifs is 1. The molecular formula is C30H28FN3O5. The van der Waals surface area contributed by atoms with Crippen LogP contribution in [0.15, 0.2) is 82.7 Å². The lowest BCUT2D eigenvalue weighted by molar-refractivity contribution is -0.137. The van der Waals surface area contributed by atoms with Crippen molar-refractivity contribution in [1.29, 1.82) is 0 Å². The van der Waals surface area contributed by atoms with Gasteiger partial charge in [-0.25, -0.2) is 9.37 Å². The van der Waals surface area contributed by atoms with E-state index in [0.717, 1.165) is 11.1 Å². The number of rotatable bonds is 9. The Morgan fingerprint density at radius 3 is 2.56 bits per heavy atom. The number of aliphatic hydroxyl groups is 1. The number of aliphatic carboxylic acids is 1. The summed E-state index contributed by atoms with van der Waals surface area (Å²) >= 11 is 0. The highest BCUT2D eigenvalue weighted by Crippen LogP contribution is 2.37. The van der Waals surface area contributed by atoms with E-state index >= 15 is 0 Å². The molecule has 2 heterocycles. The van der Waals surface area contributed by atoms with Crippen molar-refractivity contribution < 1.29 is 24.2 Å². The number of oxime groups is 1. The van der Waals surface area contributed by atoms with Gasteiger partial charge in [-0.1, -0.05) is 41.6 Å². The van der Waals surface area contributed by atoms with Gasteiger partial charge in [0.2, 0.25) is 0 Å². The quantitative estimate of drug-likeness (QED) is 0.297. The number of aryl methyl sites for hydroxylation is 1. The minimum atomic E-state index is -0.958. The SMILES string of the molecule is C[C@@]1(C(O)c2ccccc2)CC(c2ccc3c(=O)n(-c4ccc(F)cc4)c(CCCCC(=O)O)nc3c2)=NO1. The monoisotopic (exact) mass is 529 g/mol. The van der Waals surface area contributed by atoms with Crippen molar-refractivity contribution in [3.05, 3.63) is 106 Å². The minimum Gasteiger partial charge on any atom is -0.481 e. The number of hydrogen-bond acceptors (Lipinski definition) is 6. The van der Waals surface area contributed by atoms with Gasteiger partial charge < -0.3 is 15.1 Å². The Bertz CT molecular complexity index is 1600. The number of carboxylic acids is 1. The van der Waals surface area contributed by atoms with Gasteiger partial charge in [0.1, 0.15) is 17.7 Å². The normalized spacial score (nSPS) is 17.6. The molecule has 0 saturated heterocycles. The molecule has 0 fully saturated rings. The van der Waals surface area contributed by atoms with Gasteiger partial charge in [0.15, 0.2) is 5.60 Å². The zero-order valence-corrected chi connectivity index (χ0v) is 21.4. The molecule has 8 nitrogen and oxygen atoms in total. The summed E-state index contributed by atoms with van der Waals surface area (Å²) in [7, 11) is 0. The molecular weight excluding hydrogens is 501 g/mol. The highest BCUT2D eigenvalue weighted by molar-refractivity contribution is 6.04. The van der Waals surface area contributed by atoms with Crippen molar-refractivity contribution in [2.75, 3.05) is 0 Å². The van der Waals surface area contributed by atoms with Crippen molar-refractivity contribution in [3.8, 4) is 5.69 Å². The van der Waals surface area contributed by atoms with E-state index in [0.29, 0.717) is 53.8 Å². The molecule has 1 aliphatic rings. The van der Waals surface area contributed by atoms with E-state index in [1.807, 2.05) is 30.3 Å². The molecule has 0 aliphatic carbocycles. The number of halogens is 1. The first-order valence-corrected chi connectivity index (χ1v) is 12.8. The molecule has 2 N–H and O–H groups in total. The molecule has 39 heavy (non-hydrogen) atoms. The van der Waals surface area contributed by atoms with E-state index in [1.165, 1.54) is 28.8 Å². The number of nitrogens with zero attached hydrogens (tertiary/aromatic N) is 3. The van der Waals surface area contributed by atoms with Gasteiger partial charge in [-0.15, -0.1) is 0 Å². The first kappa shape index (κ1) is 26.2. The van der Waals surface area contributed by atoms with Crippen LogP contribution in [-0.4, -0.2) is 37.0 Å². The maximum Gasteiger partial charge on any atom is 0.303 e. The molecule has 4 aromatic rings. The molecule has 2 atom stereocenters. The molecule has 1 unspecified atom stereocenters. The standard InChI is InChI=1S/C30H28FN3O5/c1-30(28(37)19-7-3-2-4-8-19)18-25(33-39-30)20-11-16-23-24(17-20)32-26(9-5-6-10-27(35)36)34(29(23)38)22-14-12-21(31)13-15-22/h2-4,7-8,11-17,28,37H,5-6,9-10,18H2,1H3,(H,35,36)/t28?,30-/m0/s1. The Labute approximate surface area is 224 Å². The van der Waals surface area contributed by atoms with Crippen molar-refractivity contribution in [2.45, 2.75) is 50.7 Å². The lowest BCUT2D eigenvalue weighted by Gasteiger charge is -2.27. The average molecular weight is 530 g/mol. The van der Waals surface area contributed by atoms with Crippen LogP contribution < -0.4 is 5.56 Å². The van der Waals surface area contributed by atoms with Crippen LogP contribution in [0.25, 0.3) is 16.6 Å². The maximum atomic E-state index is 13.6. The minimum absolute atomic E-state index is 0.0198. The lowest BCUT2D eigenvalue weighted by atomic mass is 9.87.